The lowest BCUT2D eigenvalue weighted by Gasteiger charge is -2.06. The van der Waals surface area contributed by atoms with E-state index < -0.39 is 0 Å². The first-order valence-corrected chi connectivity index (χ1v) is 10.2. The van der Waals surface area contributed by atoms with E-state index in [-0.39, 0.29) is 11.7 Å². The van der Waals surface area contributed by atoms with Crippen LogP contribution in [0.4, 0.5) is 5.69 Å². The Morgan fingerprint density at radius 3 is 2.69 bits per heavy atom. The van der Waals surface area contributed by atoms with Gasteiger partial charge in [-0.2, -0.15) is 0 Å². The molecule has 0 saturated heterocycles. The lowest BCUT2D eigenvalue weighted by atomic mass is 10.1. The molecule has 0 aliphatic rings. The molecule has 4 aromatic rings. The van der Waals surface area contributed by atoms with Crippen LogP contribution in [0.1, 0.15) is 16.7 Å². The number of benzene rings is 2. The molecule has 0 bridgehead atoms. The van der Waals surface area contributed by atoms with Crippen molar-refractivity contribution >= 4 is 34.5 Å². The van der Waals surface area contributed by atoms with Gasteiger partial charge in [0.25, 0.3) is 0 Å². The molecule has 0 unspecified atom stereocenters. The van der Waals surface area contributed by atoms with Crippen LogP contribution in [0.3, 0.4) is 0 Å². The predicted molar refractivity (Wildman–Crippen MR) is 114 cm³/mol. The third-order valence-corrected chi connectivity index (χ3v) is 5.34. The standard InChI is InChI=1S/C21H20N6OS/c1-14-6-8-16(9-7-14)11-27-20-19(25-26-27)21(23-13-22-20)29-12-18(28)24-17-5-3-4-15(2)10-17/h3-10,13H,11-12H2,1-2H3,(H,24,28). The van der Waals surface area contributed by atoms with Crippen LogP contribution in [0.2, 0.25) is 0 Å². The Balaban J connectivity index is 1.46. The SMILES string of the molecule is Cc1ccc(Cn2nnc3c(SCC(=O)Nc4cccc(C)c4)ncnc32)cc1. The number of nitrogens with one attached hydrogen (secondary N) is 1. The average Bonchev–Trinajstić information content (AvgIpc) is 3.12. The van der Waals surface area contributed by atoms with Crippen molar-refractivity contribution in [2.45, 2.75) is 25.4 Å². The van der Waals surface area contributed by atoms with Gasteiger partial charge in [-0.05, 0) is 37.1 Å². The van der Waals surface area contributed by atoms with Gasteiger partial charge >= 0.3 is 0 Å². The van der Waals surface area contributed by atoms with Crippen molar-refractivity contribution < 1.29 is 4.79 Å². The van der Waals surface area contributed by atoms with Crippen molar-refractivity contribution in [2.75, 3.05) is 11.1 Å². The van der Waals surface area contributed by atoms with Gasteiger partial charge in [0.2, 0.25) is 5.91 Å². The Morgan fingerprint density at radius 1 is 1.07 bits per heavy atom. The summed E-state index contributed by atoms with van der Waals surface area (Å²) in [6.45, 7) is 4.62. The van der Waals surface area contributed by atoms with E-state index >= 15 is 0 Å². The molecule has 0 atom stereocenters. The molecule has 2 aromatic carbocycles. The second-order valence-corrected chi connectivity index (χ2v) is 7.75. The van der Waals surface area contributed by atoms with E-state index in [1.165, 1.54) is 23.7 Å². The molecule has 2 aromatic heterocycles. The predicted octanol–water partition coefficient (Wildman–Crippen LogP) is 3.62. The smallest absolute Gasteiger partial charge is 0.234 e. The summed E-state index contributed by atoms with van der Waals surface area (Å²) >= 11 is 1.32. The third kappa shape index (κ3) is 4.60. The highest BCUT2D eigenvalue weighted by atomic mass is 32.2. The largest absolute Gasteiger partial charge is 0.325 e. The normalized spacial score (nSPS) is 11.0. The van der Waals surface area contributed by atoms with Crippen molar-refractivity contribution in [3.8, 4) is 0 Å². The monoisotopic (exact) mass is 404 g/mol. The Kier molecular flexibility index (Phi) is 5.53. The minimum Gasteiger partial charge on any atom is -0.325 e. The van der Waals surface area contributed by atoms with Crippen LogP contribution >= 0.6 is 11.8 Å². The number of aryl methyl sites for hydroxylation is 2. The summed E-state index contributed by atoms with van der Waals surface area (Å²) in [5.74, 6) is 0.129. The number of hydrogen-bond acceptors (Lipinski definition) is 6. The Morgan fingerprint density at radius 2 is 1.90 bits per heavy atom. The molecule has 0 aliphatic heterocycles. The number of anilines is 1. The Hall–Kier alpha value is -3.26. The molecule has 1 amide bonds. The summed E-state index contributed by atoms with van der Waals surface area (Å²) in [6.07, 6.45) is 1.48. The van der Waals surface area contributed by atoms with Crippen molar-refractivity contribution in [2.24, 2.45) is 0 Å². The Bertz CT molecular complexity index is 1160. The second-order valence-electron chi connectivity index (χ2n) is 6.79. The van der Waals surface area contributed by atoms with Crippen molar-refractivity contribution in [3.05, 3.63) is 71.5 Å². The fourth-order valence-corrected chi connectivity index (χ4v) is 3.63. The molecular formula is C21H20N6OS. The Labute approximate surface area is 172 Å². The first-order valence-electron chi connectivity index (χ1n) is 9.17. The fraction of sp³-hybridized carbons (Fsp3) is 0.190. The van der Waals surface area contributed by atoms with E-state index in [4.69, 9.17) is 0 Å². The first kappa shape index (κ1) is 19.1. The van der Waals surface area contributed by atoms with Crippen molar-refractivity contribution in [3.63, 3.8) is 0 Å². The van der Waals surface area contributed by atoms with Gasteiger partial charge in [-0.3, -0.25) is 4.79 Å². The highest BCUT2D eigenvalue weighted by molar-refractivity contribution is 8.00. The molecule has 146 valence electrons. The van der Waals surface area contributed by atoms with Crippen LogP contribution in [0.15, 0.2) is 59.9 Å². The van der Waals surface area contributed by atoms with Gasteiger partial charge < -0.3 is 5.32 Å². The number of amides is 1. The number of fused-ring (bicyclic) bond motifs is 1. The molecule has 2 heterocycles. The van der Waals surface area contributed by atoms with E-state index in [1.807, 2.05) is 31.2 Å². The quantitative estimate of drug-likeness (QED) is 0.390. The van der Waals surface area contributed by atoms with Crippen LogP contribution in [-0.4, -0.2) is 36.6 Å². The third-order valence-electron chi connectivity index (χ3n) is 4.36. The molecule has 8 heteroatoms. The van der Waals surface area contributed by atoms with Gasteiger partial charge in [-0.25, -0.2) is 14.6 Å². The molecule has 0 aliphatic carbocycles. The maximum absolute atomic E-state index is 12.3. The summed E-state index contributed by atoms with van der Waals surface area (Å²) in [5, 5.41) is 12.0. The van der Waals surface area contributed by atoms with Crippen LogP contribution < -0.4 is 5.32 Å². The van der Waals surface area contributed by atoms with Gasteiger partial charge in [0.05, 0.1) is 12.3 Å². The average molecular weight is 404 g/mol. The maximum Gasteiger partial charge on any atom is 0.234 e. The molecule has 7 nitrogen and oxygen atoms in total. The van der Waals surface area contributed by atoms with Gasteiger partial charge in [-0.1, -0.05) is 58.9 Å². The second kappa shape index (κ2) is 8.40. The van der Waals surface area contributed by atoms with Gasteiger partial charge in [-0.15, -0.1) is 5.10 Å². The van der Waals surface area contributed by atoms with E-state index in [1.54, 1.807) is 4.68 Å². The summed E-state index contributed by atoms with van der Waals surface area (Å²) < 4.78 is 1.75. The number of thioether (sulfide) groups is 1. The molecular weight excluding hydrogens is 384 g/mol. The molecule has 0 radical (unpaired) electrons. The highest BCUT2D eigenvalue weighted by Gasteiger charge is 2.14. The van der Waals surface area contributed by atoms with Gasteiger partial charge in [0.15, 0.2) is 11.2 Å². The summed E-state index contributed by atoms with van der Waals surface area (Å²) in [7, 11) is 0. The molecule has 0 fully saturated rings. The molecule has 1 N–H and O–H groups in total. The minimum atomic E-state index is -0.0978. The van der Waals surface area contributed by atoms with E-state index in [9.17, 15) is 4.79 Å². The number of nitrogens with zero attached hydrogens (tertiary/aromatic N) is 5. The topological polar surface area (TPSA) is 85.6 Å². The highest BCUT2D eigenvalue weighted by Crippen LogP contribution is 2.23. The summed E-state index contributed by atoms with van der Waals surface area (Å²) in [5.41, 5.74) is 5.47. The number of rotatable bonds is 6. The zero-order valence-electron chi connectivity index (χ0n) is 16.2. The first-order chi connectivity index (χ1) is 14.1. The number of hydrogen-bond donors (Lipinski definition) is 1. The van der Waals surface area contributed by atoms with Crippen LogP contribution in [-0.2, 0) is 11.3 Å². The zero-order chi connectivity index (χ0) is 20.2. The fourth-order valence-electron chi connectivity index (χ4n) is 2.90. The van der Waals surface area contributed by atoms with Crippen LogP contribution in [0.5, 0.6) is 0 Å². The van der Waals surface area contributed by atoms with Crippen LogP contribution in [0.25, 0.3) is 11.2 Å². The minimum absolute atomic E-state index is 0.0978. The van der Waals surface area contributed by atoms with Crippen LogP contribution in [0, 0.1) is 13.8 Å². The maximum atomic E-state index is 12.3. The molecule has 29 heavy (non-hydrogen) atoms. The lowest BCUT2D eigenvalue weighted by Crippen LogP contribution is -2.14. The zero-order valence-corrected chi connectivity index (χ0v) is 17.0. The molecule has 4 rings (SSSR count). The van der Waals surface area contributed by atoms with Crippen molar-refractivity contribution in [1.82, 2.24) is 25.0 Å². The number of aromatic nitrogens is 5. The van der Waals surface area contributed by atoms with E-state index in [2.05, 4.69) is 56.8 Å². The van der Waals surface area contributed by atoms with Gasteiger partial charge in [0.1, 0.15) is 11.4 Å². The van der Waals surface area contributed by atoms with E-state index in [0.717, 1.165) is 16.8 Å². The number of carbonyl (C=O) groups excluding carboxylic acids is 1. The van der Waals surface area contributed by atoms with Crippen molar-refractivity contribution in [1.29, 1.82) is 0 Å². The van der Waals surface area contributed by atoms with E-state index in [0.29, 0.717) is 22.7 Å². The summed E-state index contributed by atoms with van der Waals surface area (Å²) in [6, 6.07) is 16.0. The summed E-state index contributed by atoms with van der Waals surface area (Å²) in [4.78, 5) is 20.9. The van der Waals surface area contributed by atoms with Gasteiger partial charge in [0, 0.05) is 5.69 Å². The number of carbonyl (C=O) groups is 1. The molecule has 0 spiro atoms. The molecule has 0 saturated carbocycles. The lowest BCUT2D eigenvalue weighted by molar-refractivity contribution is -0.113.